The molecule has 0 aliphatic heterocycles. The Morgan fingerprint density at radius 1 is 1.23 bits per heavy atom. The van der Waals surface area contributed by atoms with Crippen LogP contribution in [0.4, 0.5) is 10.5 Å². The van der Waals surface area contributed by atoms with Gasteiger partial charge in [-0.3, -0.25) is 4.79 Å². The largest absolute Gasteiger partial charge is 0.351 e. The van der Waals surface area contributed by atoms with Crippen molar-refractivity contribution in [3.63, 3.8) is 0 Å². The van der Waals surface area contributed by atoms with Gasteiger partial charge >= 0.3 is 6.03 Å². The van der Waals surface area contributed by atoms with E-state index in [1.54, 1.807) is 24.3 Å². The van der Waals surface area contributed by atoms with E-state index >= 15 is 0 Å². The molecule has 6 nitrogen and oxygen atoms in total. The van der Waals surface area contributed by atoms with Crippen LogP contribution in [0.15, 0.2) is 24.3 Å². The number of hydrogen-bond donors (Lipinski definition) is 4. The Morgan fingerprint density at radius 2 is 1.95 bits per heavy atom. The molecular formula is C16H24N4O2. The third-order valence-electron chi connectivity index (χ3n) is 4.18. The molecule has 1 saturated carbocycles. The van der Waals surface area contributed by atoms with Crippen LogP contribution < -0.4 is 22.1 Å². The number of benzene rings is 1. The van der Waals surface area contributed by atoms with Crippen molar-refractivity contribution in [2.24, 2.45) is 17.4 Å². The number of anilines is 1. The molecule has 1 aliphatic rings. The second-order valence-corrected chi connectivity index (χ2v) is 5.78. The summed E-state index contributed by atoms with van der Waals surface area (Å²) in [5.41, 5.74) is 11.9. The molecule has 0 bridgehead atoms. The second kappa shape index (κ2) is 7.79. The van der Waals surface area contributed by atoms with Crippen LogP contribution in [0.1, 0.15) is 42.5 Å². The number of hydrogen-bond acceptors (Lipinski definition) is 3. The number of nitrogens with one attached hydrogen (secondary N) is 2. The average Bonchev–Trinajstić information content (AvgIpc) is 2.53. The lowest BCUT2D eigenvalue weighted by Gasteiger charge is -2.30. The zero-order valence-electron chi connectivity index (χ0n) is 12.7. The molecule has 120 valence electrons. The number of primary amides is 1. The highest BCUT2D eigenvalue weighted by Crippen LogP contribution is 2.26. The molecule has 6 heteroatoms. The molecule has 2 rings (SSSR count). The van der Waals surface area contributed by atoms with E-state index in [0.717, 1.165) is 12.8 Å². The highest BCUT2D eigenvalue weighted by Gasteiger charge is 2.24. The number of carbonyl (C=O) groups is 2. The van der Waals surface area contributed by atoms with E-state index in [0.29, 0.717) is 23.7 Å². The SMILES string of the molecule is NCC(NC(=O)c1cccc(NC(N)=O)c1)C1CCCCC1. The molecular weight excluding hydrogens is 280 g/mol. The van der Waals surface area contributed by atoms with E-state index in [1.165, 1.54) is 19.3 Å². The maximum Gasteiger partial charge on any atom is 0.316 e. The first kappa shape index (κ1) is 16.3. The molecule has 1 aliphatic carbocycles. The number of rotatable bonds is 5. The monoisotopic (exact) mass is 304 g/mol. The fourth-order valence-corrected chi connectivity index (χ4v) is 3.04. The Balaban J connectivity index is 2.02. The van der Waals surface area contributed by atoms with Gasteiger partial charge in [0, 0.05) is 23.8 Å². The van der Waals surface area contributed by atoms with Gasteiger partial charge in [0.1, 0.15) is 0 Å². The first-order chi connectivity index (χ1) is 10.6. The van der Waals surface area contributed by atoms with Crippen molar-refractivity contribution >= 4 is 17.6 Å². The Labute approximate surface area is 130 Å². The summed E-state index contributed by atoms with van der Waals surface area (Å²) < 4.78 is 0. The van der Waals surface area contributed by atoms with Gasteiger partial charge in [-0.15, -0.1) is 0 Å². The zero-order chi connectivity index (χ0) is 15.9. The standard InChI is InChI=1S/C16H24N4O2/c17-10-14(11-5-2-1-3-6-11)20-15(21)12-7-4-8-13(9-12)19-16(18)22/h4,7-9,11,14H,1-3,5-6,10,17H2,(H,20,21)(H3,18,19,22). The predicted octanol–water partition coefficient (Wildman–Crippen LogP) is 1.81. The molecule has 0 spiro atoms. The molecule has 0 radical (unpaired) electrons. The molecule has 22 heavy (non-hydrogen) atoms. The molecule has 0 heterocycles. The summed E-state index contributed by atoms with van der Waals surface area (Å²) in [5, 5.41) is 5.49. The van der Waals surface area contributed by atoms with Crippen molar-refractivity contribution in [2.45, 2.75) is 38.1 Å². The van der Waals surface area contributed by atoms with E-state index < -0.39 is 6.03 Å². The van der Waals surface area contributed by atoms with Crippen LogP contribution in [0.2, 0.25) is 0 Å². The Bertz CT molecular complexity index is 527. The van der Waals surface area contributed by atoms with Crippen LogP contribution in [0.25, 0.3) is 0 Å². The van der Waals surface area contributed by atoms with Crippen molar-refractivity contribution in [3.05, 3.63) is 29.8 Å². The maximum atomic E-state index is 12.4. The molecule has 6 N–H and O–H groups in total. The van der Waals surface area contributed by atoms with Crippen LogP contribution in [-0.4, -0.2) is 24.5 Å². The molecule has 0 aromatic heterocycles. The summed E-state index contributed by atoms with van der Waals surface area (Å²) in [7, 11) is 0. The minimum Gasteiger partial charge on any atom is -0.351 e. The van der Waals surface area contributed by atoms with Gasteiger partial charge in [0.25, 0.3) is 5.91 Å². The van der Waals surface area contributed by atoms with Gasteiger partial charge < -0.3 is 22.1 Å². The van der Waals surface area contributed by atoms with E-state index in [4.69, 9.17) is 11.5 Å². The van der Waals surface area contributed by atoms with Crippen molar-refractivity contribution in [3.8, 4) is 0 Å². The molecule has 0 saturated heterocycles. The van der Waals surface area contributed by atoms with Crippen molar-refractivity contribution in [2.75, 3.05) is 11.9 Å². The van der Waals surface area contributed by atoms with Crippen LogP contribution >= 0.6 is 0 Å². The van der Waals surface area contributed by atoms with E-state index in [2.05, 4.69) is 10.6 Å². The zero-order valence-corrected chi connectivity index (χ0v) is 12.7. The van der Waals surface area contributed by atoms with Gasteiger partial charge in [-0.25, -0.2) is 4.79 Å². The van der Waals surface area contributed by atoms with Crippen molar-refractivity contribution in [1.29, 1.82) is 0 Å². The summed E-state index contributed by atoms with van der Waals surface area (Å²) in [6, 6.07) is 6.05. The predicted molar refractivity (Wildman–Crippen MR) is 86.5 cm³/mol. The Morgan fingerprint density at radius 3 is 2.59 bits per heavy atom. The lowest BCUT2D eigenvalue weighted by molar-refractivity contribution is 0.0915. The van der Waals surface area contributed by atoms with Crippen LogP contribution in [0.3, 0.4) is 0 Å². The summed E-state index contributed by atoms with van der Waals surface area (Å²) >= 11 is 0. The highest BCUT2D eigenvalue weighted by molar-refractivity contribution is 5.96. The molecule has 1 atom stereocenters. The molecule has 1 aromatic carbocycles. The average molecular weight is 304 g/mol. The lowest BCUT2D eigenvalue weighted by atomic mass is 9.84. The van der Waals surface area contributed by atoms with E-state index in [1.807, 2.05) is 0 Å². The summed E-state index contributed by atoms with van der Waals surface area (Å²) in [5.74, 6) is 0.281. The second-order valence-electron chi connectivity index (χ2n) is 5.78. The quantitative estimate of drug-likeness (QED) is 0.665. The first-order valence-corrected chi connectivity index (χ1v) is 7.77. The van der Waals surface area contributed by atoms with Gasteiger partial charge in [-0.05, 0) is 37.0 Å². The number of amides is 3. The van der Waals surface area contributed by atoms with Gasteiger partial charge in [0.05, 0.1) is 0 Å². The molecule has 1 fully saturated rings. The fraction of sp³-hybridized carbons (Fsp3) is 0.500. The molecule has 1 unspecified atom stereocenters. The maximum absolute atomic E-state index is 12.4. The minimum atomic E-state index is -0.653. The fourth-order valence-electron chi connectivity index (χ4n) is 3.04. The van der Waals surface area contributed by atoms with Crippen molar-refractivity contribution < 1.29 is 9.59 Å². The summed E-state index contributed by atoms with van der Waals surface area (Å²) in [4.78, 5) is 23.3. The van der Waals surface area contributed by atoms with E-state index in [-0.39, 0.29) is 11.9 Å². The molecule has 1 aromatic rings. The normalized spacial score (nSPS) is 16.8. The van der Waals surface area contributed by atoms with Gasteiger partial charge in [-0.2, -0.15) is 0 Å². The van der Waals surface area contributed by atoms with Crippen LogP contribution in [0, 0.1) is 5.92 Å². The highest BCUT2D eigenvalue weighted by atomic mass is 16.2. The van der Waals surface area contributed by atoms with E-state index in [9.17, 15) is 9.59 Å². The van der Waals surface area contributed by atoms with Gasteiger partial charge in [0.2, 0.25) is 0 Å². The smallest absolute Gasteiger partial charge is 0.316 e. The summed E-state index contributed by atoms with van der Waals surface area (Å²) in [6.45, 7) is 0.440. The first-order valence-electron chi connectivity index (χ1n) is 7.77. The van der Waals surface area contributed by atoms with Gasteiger partial charge in [-0.1, -0.05) is 25.3 Å². The lowest BCUT2D eigenvalue weighted by Crippen LogP contribution is -2.45. The summed E-state index contributed by atoms with van der Waals surface area (Å²) in [6.07, 6.45) is 5.91. The Kier molecular flexibility index (Phi) is 5.77. The Hall–Kier alpha value is -2.08. The van der Waals surface area contributed by atoms with Crippen molar-refractivity contribution in [1.82, 2.24) is 5.32 Å². The third kappa shape index (κ3) is 4.46. The number of nitrogens with two attached hydrogens (primary N) is 2. The van der Waals surface area contributed by atoms with Gasteiger partial charge in [0.15, 0.2) is 0 Å². The topological polar surface area (TPSA) is 110 Å². The van der Waals surface area contributed by atoms with Crippen LogP contribution in [-0.2, 0) is 0 Å². The molecule has 3 amide bonds. The number of urea groups is 1. The van der Waals surface area contributed by atoms with Crippen LogP contribution in [0.5, 0.6) is 0 Å². The number of carbonyl (C=O) groups excluding carboxylic acids is 2. The third-order valence-corrected chi connectivity index (χ3v) is 4.18. The minimum absolute atomic E-state index is 0.000515.